The Labute approximate surface area is 73.2 Å². The summed E-state index contributed by atoms with van der Waals surface area (Å²) in [6.45, 7) is 3.13. The van der Waals surface area contributed by atoms with Crippen molar-refractivity contribution >= 4 is 18.3 Å². The molecule has 1 radical (unpaired) electrons. The van der Waals surface area contributed by atoms with Crippen LogP contribution in [0.15, 0.2) is 29.2 Å². The fraction of sp³-hybridized carbons (Fsp3) is 0.333. The maximum absolute atomic E-state index is 5.10. The molecule has 2 heteroatoms. The van der Waals surface area contributed by atoms with Gasteiger partial charge in [0, 0.05) is 6.54 Å². The van der Waals surface area contributed by atoms with Gasteiger partial charge in [-0.15, -0.1) is 0 Å². The standard InChI is InChI=1S/C9H12NS/c1-2-7-10-8-5-3-4-6-9(8)11/h3-6,10H,2,7H2,1H3. The predicted molar refractivity (Wildman–Crippen MR) is 51.1 cm³/mol. The third-order valence-corrected chi connectivity index (χ3v) is 1.81. The van der Waals surface area contributed by atoms with Crippen molar-refractivity contribution in [3.63, 3.8) is 0 Å². The summed E-state index contributed by atoms with van der Waals surface area (Å²) in [6.07, 6.45) is 1.13. The maximum Gasteiger partial charge on any atom is 0.0608 e. The Bertz CT molecular complexity index is 223. The lowest BCUT2D eigenvalue weighted by Crippen LogP contribution is -1.99. The summed E-state index contributed by atoms with van der Waals surface area (Å²) in [6, 6.07) is 7.90. The Morgan fingerprint density at radius 3 is 2.73 bits per heavy atom. The van der Waals surface area contributed by atoms with Crippen LogP contribution in [-0.2, 0) is 0 Å². The van der Waals surface area contributed by atoms with Gasteiger partial charge in [-0.1, -0.05) is 31.7 Å². The lowest BCUT2D eigenvalue weighted by molar-refractivity contribution is 0.975. The van der Waals surface area contributed by atoms with Crippen LogP contribution in [0.5, 0.6) is 0 Å². The molecule has 1 aromatic carbocycles. The third-order valence-electron chi connectivity index (χ3n) is 1.45. The highest BCUT2D eigenvalue weighted by atomic mass is 32.1. The monoisotopic (exact) mass is 166 g/mol. The molecule has 1 rings (SSSR count). The number of anilines is 1. The summed E-state index contributed by atoms with van der Waals surface area (Å²) in [5.41, 5.74) is 1.07. The minimum Gasteiger partial charge on any atom is -0.384 e. The zero-order chi connectivity index (χ0) is 8.10. The highest BCUT2D eigenvalue weighted by Crippen LogP contribution is 2.17. The average molecular weight is 166 g/mol. The van der Waals surface area contributed by atoms with Crippen LogP contribution in [0.4, 0.5) is 5.69 Å². The van der Waals surface area contributed by atoms with Gasteiger partial charge in [0.05, 0.1) is 10.6 Å². The molecular weight excluding hydrogens is 154 g/mol. The zero-order valence-electron chi connectivity index (χ0n) is 6.63. The summed E-state index contributed by atoms with van der Waals surface area (Å²) in [4.78, 5) is 0.904. The van der Waals surface area contributed by atoms with Crippen molar-refractivity contribution in [3.8, 4) is 0 Å². The van der Waals surface area contributed by atoms with Crippen LogP contribution in [0.25, 0.3) is 0 Å². The molecule has 0 heterocycles. The van der Waals surface area contributed by atoms with E-state index in [9.17, 15) is 0 Å². The molecule has 1 nitrogen and oxygen atoms in total. The fourth-order valence-corrected chi connectivity index (χ4v) is 1.09. The van der Waals surface area contributed by atoms with Gasteiger partial charge in [-0.05, 0) is 18.6 Å². The molecule has 0 amide bonds. The number of rotatable bonds is 3. The van der Waals surface area contributed by atoms with Crippen molar-refractivity contribution in [2.45, 2.75) is 18.2 Å². The van der Waals surface area contributed by atoms with Gasteiger partial charge < -0.3 is 5.32 Å². The van der Waals surface area contributed by atoms with Crippen molar-refractivity contribution < 1.29 is 0 Å². The molecule has 11 heavy (non-hydrogen) atoms. The van der Waals surface area contributed by atoms with E-state index in [0.717, 1.165) is 23.5 Å². The van der Waals surface area contributed by atoms with Crippen LogP contribution in [0.2, 0.25) is 0 Å². The van der Waals surface area contributed by atoms with Crippen molar-refractivity contribution in [2.24, 2.45) is 0 Å². The summed E-state index contributed by atoms with van der Waals surface area (Å²) < 4.78 is 0. The Morgan fingerprint density at radius 2 is 2.09 bits per heavy atom. The van der Waals surface area contributed by atoms with Crippen molar-refractivity contribution in [2.75, 3.05) is 11.9 Å². The van der Waals surface area contributed by atoms with E-state index in [0.29, 0.717) is 0 Å². The molecule has 0 aliphatic rings. The molecule has 1 aromatic rings. The van der Waals surface area contributed by atoms with E-state index in [1.54, 1.807) is 0 Å². The molecule has 0 bridgehead atoms. The number of hydrogen-bond acceptors (Lipinski definition) is 1. The smallest absolute Gasteiger partial charge is 0.0608 e. The van der Waals surface area contributed by atoms with E-state index >= 15 is 0 Å². The normalized spacial score (nSPS) is 9.55. The zero-order valence-corrected chi connectivity index (χ0v) is 7.45. The van der Waals surface area contributed by atoms with Gasteiger partial charge in [0.1, 0.15) is 0 Å². The fourth-order valence-electron chi connectivity index (χ4n) is 0.872. The Morgan fingerprint density at radius 1 is 1.36 bits per heavy atom. The van der Waals surface area contributed by atoms with Crippen molar-refractivity contribution in [3.05, 3.63) is 24.3 Å². The van der Waals surface area contributed by atoms with Crippen LogP contribution < -0.4 is 5.32 Å². The summed E-state index contributed by atoms with van der Waals surface area (Å²) >= 11 is 5.10. The first-order valence-electron chi connectivity index (χ1n) is 3.84. The second-order valence-corrected chi connectivity index (χ2v) is 2.86. The summed E-state index contributed by atoms with van der Waals surface area (Å²) in [5.74, 6) is 0. The molecule has 0 aliphatic heterocycles. The lowest BCUT2D eigenvalue weighted by atomic mass is 10.3. The Hall–Kier alpha value is -0.760. The Balaban J connectivity index is 2.62. The molecule has 1 N–H and O–H groups in total. The van der Waals surface area contributed by atoms with Gasteiger partial charge >= 0.3 is 0 Å². The number of nitrogens with one attached hydrogen (secondary N) is 1. The van der Waals surface area contributed by atoms with Crippen LogP contribution in [-0.4, -0.2) is 6.54 Å². The topological polar surface area (TPSA) is 12.0 Å². The van der Waals surface area contributed by atoms with Gasteiger partial charge in [0.2, 0.25) is 0 Å². The summed E-state index contributed by atoms with van der Waals surface area (Å²) in [7, 11) is 0. The van der Waals surface area contributed by atoms with E-state index in [-0.39, 0.29) is 0 Å². The maximum atomic E-state index is 5.10. The van der Waals surface area contributed by atoms with E-state index in [4.69, 9.17) is 12.6 Å². The largest absolute Gasteiger partial charge is 0.384 e. The molecule has 0 fully saturated rings. The molecule has 0 unspecified atom stereocenters. The highest BCUT2D eigenvalue weighted by Gasteiger charge is 1.94. The minimum atomic E-state index is 0.904. The van der Waals surface area contributed by atoms with E-state index in [2.05, 4.69) is 12.2 Å². The third kappa shape index (κ3) is 2.39. The summed E-state index contributed by atoms with van der Waals surface area (Å²) in [5, 5.41) is 3.26. The second kappa shape index (κ2) is 4.19. The molecule has 0 aliphatic carbocycles. The quantitative estimate of drug-likeness (QED) is 0.727. The minimum absolute atomic E-state index is 0.904. The van der Waals surface area contributed by atoms with Crippen LogP contribution in [0, 0.1) is 0 Å². The predicted octanol–water partition coefficient (Wildman–Crippen LogP) is 3.06. The first kappa shape index (κ1) is 8.34. The average Bonchev–Trinajstić information content (AvgIpc) is 2.03. The van der Waals surface area contributed by atoms with Gasteiger partial charge in [-0.3, -0.25) is 0 Å². The lowest BCUT2D eigenvalue weighted by Gasteiger charge is -2.05. The SMILES string of the molecule is CCCNc1ccccc1[S]. The number of para-hydroxylation sites is 1. The molecule has 0 saturated heterocycles. The van der Waals surface area contributed by atoms with Gasteiger partial charge in [0.15, 0.2) is 0 Å². The van der Waals surface area contributed by atoms with Gasteiger partial charge in [-0.2, -0.15) is 0 Å². The molecule has 59 valence electrons. The first-order valence-corrected chi connectivity index (χ1v) is 4.25. The molecule has 0 saturated carbocycles. The van der Waals surface area contributed by atoms with E-state index in [1.807, 2.05) is 24.3 Å². The number of benzene rings is 1. The molecule has 0 aromatic heterocycles. The van der Waals surface area contributed by atoms with Crippen molar-refractivity contribution in [1.29, 1.82) is 0 Å². The molecule has 0 spiro atoms. The van der Waals surface area contributed by atoms with Crippen LogP contribution in [0.1, 0.15) is 13.3 Å². The van der Waals surface area contributed by atoms with Crippen LogP contribution >= 0.6 is 12.6 Å². The van der Waals surface area contributed by atoms with Crippen molar-refractivity contribution in [1.82, 2.24) is 0 Å². The molecule has 0 atom stereocenters. The van der Waals surface area contributed by atoms with E-state index in [1.165, 1.54) is 0 Å². The van der Waals surface area contributed by atoms with E-state index < -0.39 is 0 Å². The highest BCUT2D eigenvalue weighted by molar-refractivity contribution is 7.80. The molecular formula is C9H12NS. The second-order valence-electron chi connectivity index (χ2n) is 2.42. The Kier molecular flexibility index (Phi) is 3.17. The number of hydrogen-bond donors (Lipinski definition) is 1. The van der Waals surface area contributed by atoms with Gasteiger partial charge in [-0.25, -0.2) is 0 Å². The first-order chi connectivity index (χ1) is 5.34. The van der Waals surface area contributed by atoms with Crippen LogP contribution in [0.3, 0.4) is 0 Å². The van der Waals surface area contributed by atoms with Gasteiger partial charge in [0.25, 0.3) is 0 Å².